The van der Waals surface area contributed by atoms with Gasteiger partial charge in [0.05, 0.1) is 6.10 Å². The van der Waals surface area contributed by atoms with Crippen LogP contribution in [0, 0.1) is 18.6 Å². The van der Waals surface area contributed by atoms with Gasteiger partial charge in [-0.1, -0.05) is 33.6 Å². The van der Waals surface area contributed by atoms with Crippen molar-refractivity contribution >= 4 is 11.8 Å². The van der Waals surface area contributed by atoms with Crippen LogP contribution >= 0.6 is 0 Å². The van der Waals surface area contributed by atoms with Crippen LogP contribution in [0.25, 0.3) is 0 Å². The standard InChI is InChI=1S/C30H43F2N3O3/c1-5-8-9-10-34-19-27(36)24(17-21-15-22(31)18-23(32)16-21)28-25(29(33)37)13-20(4)14-26(28)30(38)35(11-6-2)12-7-3/h13-16,18,24,27,34,36H,5-12,17,19H2,1-4H3,(H2,33,37)/t24-,27+/m1/s1. The number of amides is 2. The van der Waals surface area contributed by atoms with Crippen molar-refractivity contribution in [3.63, 3.8) is 0 Å². The lowest BCUT2D eigenvalue weighted by Crippen LogP contribution is -2.38. The van der Waals surface area contributed by atoms with E-state index in [1.165, 1.54) is 12.1 Å². The number of aliphatic hydroxyl groups excluding tert-OH is 1. The third kappa shape index (κ3) is 8.88. The van der Waals surface area contributed by atoms with E-state index in [0.717, 1.165) is 38.2 Å². The minimum absolute atomic E-state index is 0.0116. The summed E-state index contributed by atoms with van der Waals surface area (Å²) in [7, 11) is 0. The Morgan fingerprint density at radius 2 is 1.55 bits per heavy atom. The van der Waals surface area contributed by atoms with E-state index in [-0.39, 0.29) is 30.0 Å². The second-order valence-corrected chi connectivity index (χ2v) is 10.00. The van der Waals surface area contributed by atoms with Crippen LogP contribution in [0.2, 0.25) is 0 Å². The van der Waals surface area contributed by atoms with Crippen LogP contribution in [0.3, 0.4) is 0 Å². The number of benzene rings is 2. The number of primary amides is 1. The molecule has 0 fully saturated rings. The minimum Gasteiger partial charge on any atom is -0.391 e. The number of unbranched alkanes of at least 4 members (excludes halogenated alkanes) is 2. The first kappa shape index (κ1) is 31.4. The molecule has 6 nitrogen and oxygen atoms in total. The summed E-state index contributed by atoms with van der Waals surface area (Å²) in [5, 5.41) is 14.7. The summed E-state index contributed by atoms with van der Waals surface area (Å²) in [6.07, 6.45) is 3.51. The lowest BCUT2D eigenvalue weighted by Gasteiger charge is -2.30. The number of nitrogens with two attached hydrogens (primary N) is 1. The fourth-order valence-electron chi connectivity index (χ4n) is 4.91. The van der Waals surface area contributed by atoms with Gasteiger partial charge in [-0.2, -0.15) is 0 Å². The third-order valence-electron chi connectivity index (χ3n) is 6.62. The molecule has 0 saturated carbocycles. The first-order chi connectivity index (χ1) is 18.1. The second-order valence-electron chi connectivity index (χ2n) is 10.00. The molecule has 2 aromatic carbocycles. The van der Waals surface area contributed by atoms with Gasteiger partial charge in [0.2, 0.25) is 5.91 Å². The molecule has 2 amide bonds. The van der Waals surface area contributed by atoms with Crippen LogP contribution in [-0.2, 0) is 6.42 Å². The normalized spacial score (nSPS) is 12.8. The Labute approximate surface area is 225 Å². The number of carbonyl (C=O) groups is 2. The Balaban J connectivity index is 2.66. The molecule has 2 rings (SSSR count). The van der Waals surface area contributed by atoms with Gasteiger partial charge in [-0.15, -0.1) is 0 Å². The van der Waals surface area contributed by atoms with Crippen molar-refractivity contribution in [2.24, 2.45) is 5.73 Å². The van der Waals surface area contributed by atoms with E-state index in [9.17, 15) is 23.5 Å². The van der Waals surface area contributed by atoms with Gasteiger partial charge < -0.3 is 21.1 Å². The Morgan fingerprint density at radius 1 is 0.947 bits per heavy atom. The predicted octanol–water partition coefficient (Wildman–Crippen LogP) is 5.10. The molecular formula is C30H43F2N3O3. The minimum atomic E-state index is -1.05. The molecule has 0 heterocycles. The zero-order valence-electron chi connectivity index (χ0n) is 23.2. The number of hydrogen-bond acceptors (Lipinski definition) is 4. The smallest absolute Gasteiger partial charge is 0.254 e. The Bertz CT molecular complexity index is 1050. The monoisotopic (exact) mass is 531 g/mol. The highest BCUT2D eigenvalue weighted by molar-refractivity contribution is 6.02. The molecule has 0 aromatic heterocycles. The van der Waals surface area contributed by atoms with E-state index in [0.29, 0.717) is 36.3 Å². The summed E-state index contributed by atoms with van der Waals surface area (Å²) in [5.41, 5.74) is 7.53. The van der Waals surface area contributed by atoms with Crippen molar-refractivity contribution in [3.05, 3.63) is 69.8 Å². The maximum absolute atomic E-state index is 14.1. The second kappa shape index (κ2) is 15.5. The molecular weight excluding hydrogens is 488 g/mol. The molecule has 2 aromatic rings. The summed E-state index contributed by atoms with van der Waals surface area (Å²) in [5.74, 6) is -3.28. The van der Waals surface area contributed by atoms with Crippen molar-refractivity contribution < 1.29 is 23.5 Å². The number of rotatable bonds is 16. The van der Waals surface area contributed by atoms with E-state index in [1.54, 1.807) is 24.0 Å². The SMILES string of the molecule is CCCCCNC[C@H](O)[C@@H](Cc1cc(F)cc(F)c1)c1c(C(N)=O)cc(C)cc1C(=O)N(CCC)CCC. The predicted molar refractivity (Wildman–Crippen MR) is 147 cm³/mol. The highest BCUT2D eigenvalue weighted by Crippen LogP contribution is 2.33. The zero-order valence-corrected chi connectivity index (χ0v) is 23.2. The van der Waals surface area contributed by atoms with E-state index in [1.807, 2.05) is 13.8 Å². The molecule has 0 unspecified atom stereocenters. The molecule has 0 radical (unpaired) electrons. The van der Waals surface area contributed by atoms with Gasteiger partial charge in [-0.3, -0.25) is 9.59 Å². The lowest BCUT2D eigenvalue weighted by atomic mass is 9.80. The molecule has 0 aliphatic carbocycles. The van der Waals surface area contributed by atoms with E-state index in [2.05, 4.69) is 12.2 Å². The van der Waals surface area contributed by atoms with Crippen LogP contribution in [0.15, 0.2) is 30.3 Å². The van der Waals surface area contributed by atoms with Gasteiger partial charge in [0.15, 0.2) is 0 Å². The average molecular weight is 532 g/mol. The highest BCUT2D eigenvalue weighted by atomic mass is 19.1. The molecule has 38 heavy (non-hydrogen) atoms. The summed E-state index contributed by atoms with van der Waals surface area (Å²) >= 11 is 0. The van der Waals surface area contributed by atoms with Gasteiger partial charge in [-0.25, -0.2) is 8.78 Å². The Kier molecular flexibility index (Phi) is 12.8. The molecule has 0 aliphatic heterocycles. The average Bonchev–Trinajstić information content (AvgIpc) is 2.85. The summed E-state index contributed by atoms with van der Waals surface area (Å²) in [6, 6.07) is 6.52. The van der Waals surface area contributed by atoms with Crippen LogP contribution in [0.5, 0.6) is 0 Å². The molecule has 0 bridgehead atoms. The van der Waals surface area contributed by atoms with Crippen molar-refractivity contribution in [2.45, 2.75) is 78.2 Å². The van der Waals surface area contributed by atoms with Crippen molar-refractivity contribution in [1.82, 2.24) is 10.2 Å². The zero-order chi connectivity index (χ0) is 28.2. The number of hydrogen-bond donors (Lipinski definition) is 3. The van der Waals surface area contributed by atoms with Gasteiger partial charge in [-0.05, 0) is 80.1 Å². The molecule has 0 saturated heterocycles. The van der Waals surface area contributed by atoms with Gasteiger partial charge in [0.1, 0.15) is 11.6 Å². The fraction of sp³-hybridized carbons (Fsp3) is 0.533. The van der Waals surface area contributed by atoms with Crippen LogP contribution in [0.4, 0.5) is 8.78 Å². The number of nitrogens with one attached hydrogen (secondary N) is 1. The first-order valence-electron chi connectivity index (χ1n) is 13.7. The van der Waals surface area contributed by atoms with E-state index < -0.39 is 29.6 Å². The largest absolute Gasteiger partial charge is 0.391 e. The number of aliphatic hydroxyl groups is 1. The first-order valence-corrected chi connectivity index (χ1v) is 13.7. The fourth-order valence-corrected chi connectivity index (χ4v) is 4.91. The highest BCUT2D eigenvalue weighted by Gasteiger charge is 2.32. The number of nitrogens with zero attached hydrogens (tertiary/aromatic N) is 1. The Hall–Kier alpha value is -2.84. The van der Waals surface area contributed by atoms with Gasteiger partial charge in [0, 0.05) is 42.7 Å². The molecule has 0 aliphatic rings. The van der Waals surface area contributed by atoms with E-state index >= 15 is 0 Å². The number of aryl methyl sites for hydroxylation is 1. The molecule has 0 spiro atoms. The van der Waals surface area contributed by atoms with Crippen LogP contribution in [-0.4, -0.2) is 54.1 Å². The van der Waals surface area contributed by atoms with Crippen LogP contribution in [0.1, 0.15) is 96.2 Å². The maximum Gasteiger partial charge on any atom is 0.254 e. The molecule has 8 heteroatoms. The maximum atomic E-state index is 14.1. The number of halogens is 2. The molecule has 4 N–H and O–H groups in total. The number of carbonyl (C=O) groups excluding carboxylic acids is 2. The van der Waals surface area contributed by atoms with Crippen LogP contribution < -0.4 is 11.1 Å². The van der Waals surface area contributed by atoms with Crippen molar-refractivity contribution in [3.8, 4) is 0 Å². The van der Waals surface area contributed by atoms with Crippen molar-refractivity contribution in [1.29, 1.82) is 0 Å². The van der Waals surface area contributed by atoms with E-state index in [4.69, 9.17) is 5.73 Å². The third-order valence-corrected chi connectivity index (χ3v) is 6.62. The molecule has 2 atom stereocenters. The summed E-state index contributed by atoms with van der Waals surface area (Å²) < 4.78 is 28.2. The van der Waals surface area contributed by atoms with Gasteiger partial charge in [0.25, 0.3) is 5.91 Å². The van der Waals surface area contributed by atoms with Gasteiger partial charge >= 0.3 is 0 Å². The summed E-state index contributed by atoms with van der Waals surface area (Å²) in [6.45, 7) is 9.79. The van der Waals surface area contributed by atoms with Crippen molar-refractivity contribution in [2.75, 3.05) is 26.2 Å². The topological polar surface area (TPSA) is 95.7 Å². The summed E-state index contributed by atoms with van der Waals surface area (Å²) in [4.78, 5) is 28.3. The molecule has 210 valence electrons. The quantitative estimate of drug-likeness (QED) is 0.263. The Morgan fingerprint density at radius 3 is 2.11 bits per heavy atom. The lowest BCUT2D eigenvalue weighted by molar-refractivity contribution is 0.0751.